The fourth-order valence-electron chi connectivity index (χ4n) is 6.54. The maximum atomic E-state index is 14.1. The predicted molar refractivity (Wildman–Crippen MR) is 151 cm³/mol. The van der Waals surface area contributed by atoms with Crippen molar-refractivity contribution in [3.8, 4) is 11.5 Å². The standard InChI is InChI=1S/C31H43N3O4/c1-24(2)21-30(3)31(33(16-17-36-4)29(35)34(30)23-25-10-8-7-9-11-25)12-14-32(15-13-31)22-26-18-27(37-5)20-28(19-26)38-6/h7-11,18-20H,1,12-17,21-23H2,2-6H3/t30-/m0/s1. The van der Waals surface area contributed by atoms with Crippen LogP contribution in [0.25, 0.3) is 0 Å². The lowest BCUT2D eigenvalue weighted by Gasteiger charge is -2.53. The van der Waals surface area contributed by atoms with Crippen molar-refractivity contribution in [1.29, 1.82) is 0 Å². The number of hydrogen-bond acceptors (Lipinski definition) is 5. The van der Waals surface area contributed by atoms with Crippen LogP contribution in [-0.4, -0.2) is 79.4 Å². The molecule has 2 heterocycles. The number of ether oxygens (including phenoxy) is 3. The first-order valence-corrected chi connectivity index (χ1v) is 13.5. The molecule has 2 aromatic rings. The van der Waals surface area contributed by atoms with Crippen LogP contribution in [-0.2, 0) is 17.8 Å². The van der Waals surface area contributed by atoms with E-state index in [0.29, 0.717) is 19.7 Å². The Hall–Kier alpha value is -3.03. The summed E-state index contributed by atoms with van der Waals surface area (Å²) in [6.45, 7) is 12.9. The average molecular weight is 522 g/mol. The summed E-state index contributed by atoms with van der Waals surface area (Å²) >= 11 is 0. The van der Waals surface area contributed by atoms with Gasteiger partial charge >= 0.3 is 6.03 Å². The fourth-order valence-corrected chi connectivity index (χ4v) is 6.54. The lowest BCUT2D eigenvalue weighted by atomic mass is 9.68. The molecule has 2 aromatic carbocycles. The molecule has 2 saturated heterocycles. The third-order valence-electron chi connectivity index (χ3n) is 8.43. The summed E-state index contributed by atoms with van der Waals surface area (Å²) in [5.74, 6) is 1.59. The highest BCUT2D eigenvalue weighted by Crippen LogP contribution is 2.51. The van der Waals surface area contributed by atoms with E-state index in [2.05, 4.69) is 59.4 Å². The van der Waals surface area contributed by atoms with Gasteiger partial charge in [-0.3, -0.25) is 4.90 Å². The van der Waals surface area contributed by atoms with Crippen molar-refractivity contribution < 1.29 is 19.0 Å². The second-order valence-electron chi connectivity index (χ2n) is 10.9. The van der Waals surface area contributed by atoms with E-state index in [1.165, 1.54) is 0 Å². The van der Waals surface area contributed by atoms with E-state index < -0.39 is 0 Å². The molecule has 0 saturated carbocycles. The number of methoxy groups -OCH3 is 3. The molecule has 4 rings (SSSR count). The van der Waals surface area contributed by atoms with E-state index in [4.69, 9.17) is 14.2 Å². The Kier molecular flexibility index (Phi) is 8.68. The molecule has 1 spiro atoms. The van der Waals surface area contributed by atoms with Crippen LogP contribution < -0.4 is 9.47 Å². The van der Waals surface area contributed by atoms with Gasteiger partial charge < -0.3 is 24.0 Å². The zero-order valence-electron chi connectivity index (χ0n) is 23.7. The van der Waals surface area contributed by atoms with Gasteiger partial charge in [0.1, 0.15) is 11.5 Å². The molecule has 206 valence electrons. The van der Waals surface area contributed by atoms with Crippen LogP contribution in [0.1, 0.15) is 44.2 Å². The highest BCUT2D eigenvalue weighted by molar-refractivity contribution is 5.80. The van der Waals surface area contributed by atoms with Gasteiger partial charge in [-0.2, -0.15) is 0 Å². The minimum absolute atomic E-state index is 0.0978. The van der Waals surface area contributed by atoms with E-state index in [-0.39, 0.29) is 17.1 Å². The monoisotopic (exact) mass is 521 g/mol. The molecule has 0 radical (unpaired) electrons. The molecule has 0 aliphatic carbocycles. The van der Waals surface area contributed by atoms with Gasteiger partial charge in [0, 0.05) is 45.9 Å². The second kappa shape index (κ2) is 11.8. The molecule has 0 unspecified atom stereocenters. The Morgan fingerprint density at radius 2 is 1.55 bits per heavy atom. The van der Waals surface area contributed by atoms with Crippen molar-refractivity contribution in [2.75, 3.05) is 47.6 Å². The quantitative estimate of drug-likeness (QED) is 0.373. The van der Waals surface area contributed by atoms with Crippen molar-refractivity contribution in [1.82, 2.24) is 14.7 Å². The molecule has 0 N–H and O–H groups in total. The van der Waals surface area contributed by atoms with Gasteiger partial charge in [-0.05, 0) is 56.4 Å². The SMILES string of the molecule is C=C(C)C[C@]1(C)N(Cc2ccccc2)C(=O)N(CCOC)C12CCN(Cc1cc(OC)cc(OC)c1)CC2. The number of rotatable bonds is 11. The lowest BCUT2D eigenvalue weighted by molar-refractivity contribution is -0.00826. The zero-order chi connectivity index (χ0) is 27.3. The number of carbonyl (C=O) groups is 1. The number of nitrogens with zero attached hydrogens (tertiary/aromatic N) is 3. The Balaban J connectivity index is 1.63. The summed E-state index contributed by atoms with van der Waals surface area (Å²) in [6.07, 6.45) is 2.54. The molecule has 2 fully saturated rings. The van der Waals surface area contributed by atoms with Crippen molar-refractivity contribution in [3.63, 3.8) is 0 Å². The topological polar surface area (TPSA) is 54.5 Å². The molecule has 38 heavy (non-hydrogen) atoms. The first-order valence-electron chi connectivity index (χ1n) is 13.5. The first kappa shape index (κ1) is 28.0. The summed E-state index contributed by atoms with van der Waals surface area (Å²) in [5, 5.41) is 0. The number of piperidine rings is 1. The molecule has 2 aliphatic rings. The fraction of sp³-hybridized carbons (Fsp3) is 0.516. The molecular formula is C31H43N3O4. The Morgan fingerprint density at radius 3 is 2.11 bits per heavy atom. The van der Waals surface area contributed by atoms with Crippen LogP contribution in [0.5, 0.6) is 11.5 Å². The van der Waals surface area contributed by atoms with Gasteiger partial charge in [0.25, 0.3) is 0 Å². The summed E-state index contributed by atoms with van der Waals surface area (Å²) < 4.78 is 16.4. The smallest absolute Gasteiger partial charge is 0.321 e. The van der Waals surface area contributed by atoms with Crippen LogP contribution >= 0.6 is 0 Å². The molecule has 0 bridgehead atoms. The minimum Gasteiger partial charge on any atom is -0.497 e. The zero-order valence-corrected chi connectivity index (χ0v) is 23.7. The molecule has 2 aliphatic heterocycles. The Morgan fingerprint density at radius 1 is 0.921 bits per heavy atom. The second-order valence-corrected chi connectivity index (χ2v) is 10.9. The summed E-state index contributed by atoms with van der Waals surface area (Å²) in [6, 6.07) is 16.4. The Bertz CT molecular complexity index is 1090. The van der Waals surface area contributed by atoms with E-state index >= 15 is 0 Å². The molecule has 1 atom stereocenters. The highest BCUT2D eigenvalue weighted by atomic mass is 16.5. The normalized spacial score (nSPS) is 21.2. The number of hydrogen-bond donors (Lipinski definition) is 0. The van der Waals surface area contributed by atoms with E-state index in [1.807, 2.05) is 24.3 Å². The van der Waals surface area contributed by atoms with E-state index in [1.54, 1.807) is 21.3 Å². The largest absolute Gasteiger partial charge is 0.497 e. The Labute approximate surface area is 228 Å². The maximum absolute atomic E-state index is 14.1. The lowest BCUT2D eigenvalue weighted by Crippen LogP contribution is -2.64. The van der Waals surface area contributed by atoms with Gasteiger partial charge in [0.2, 0.25) is 0 Å². The van der Waals surface area contributed by atoms with Gasteiger partial charge in [0.15, 0.2) is 0 Å². The van der Waals surface area contributed by atoms with Crippen molar-refractivity contribution in [2.24, 2.45) is 0 Å². The number of amides is 2. The van der Waals surface area contributed by atoms with Gasteiger partial charge in [0.05, 0.1) is 31.9 Å². The molecule has 7 nitrogen and oxygen atoms in total. The third-order valence-corrected chi connectivity index (χ3v) is 8.43. The highest BCUT2D eigenvalue weighted by Gasteiger charge is 2.64. The van der Waals surface area contributed by atoms with Crippen LogP contribution in [0.3, 0.4) is 0 Å². The van der Waals surface area contributed by atoms with Crippen LogP contribution in [0.2, 0.25) is 0 Å². The van der Waals surface area contributed by atoms with Gasteiger partial charge in [-0.15, -0.1) is 6.58 Å². The molecular weight excluding hydrogens is 478 g/mol. The molecule has 0 aromatic heterocycles. The number of urea groups is 1. The van der Waals surface area contributed by atoms with Crippen molar-refractivity contribution in [2.45, 2.75) is 57.3 Å². The van der Waals surface area contributed by atoms with Crippen LogP contribution in [0.4, 0.5) is 4.79 Å². The third kappa shape index (κ3) is 5.40. The van der Waals surface area contributed by atoms with E-state index in [0.717, 1.165) is 67.1 Å². The first-order chi connectivity index (χ1) is 18.3. The van der Waals surface area contributed by atoms with E-state index in [9.17, 15) is 4.79 Å². The van der Waals surface area contributed by atoms with Gasteiger partial charge in [-0.25, -0.2) is 4.79 Å². The number of benzene rings is 2. The van der Waals surface area contributed by atoms with Crippen LogP contribution in [0.15, 0.2) is 60.7 Å². The van der Waals surface area contributed by atoms with Crippen LogP contribution in [0, 0.1) is 0 Å². The minimum atomic E-state index is -0.384. The van der Waals surface area contributed by atoms with Gasteiger partial charge in [-0.1, -0.05) is 35.9 Å². The van der Waals surface area contributed by atoms with Crippen molar-refractivity contribution in [3.05, 3.63) is 71.8 Å². The summed E-state index contributed by atoms with van der Waals surface area (Å²) in [7, 11) is 5.06. The maximum Gasteiger partial charge on any atom is 0.321 e. The summed E-state index contributed by atoms with van der Waals surface area (Å²) in [5.41, 5.74) is 2.70. The number of likely N-dealkylation sites (tertiary alicyclic amines) is 1. The molecule has 2 amide bonds. The predicted octanol–water partition coefficient (Wildman–Crippen LogP) is 5.35. The number of carbonyl (C=O) groups excluding carboxylic acids is 1. The average Bonchev–Trinajstić information content (AvgIpc) is 3.06. The van der Waals surface area contributed by atoms with Crippen molar-refractivity contribution >= 4 is 6.03 Å². The summed E-state index contributed by atoms with van der Waals surface area (Å²) in [4.78, 5) is 20.8. The molecule has 7 heteroatoms.